The number of unbranched alkanes of at least 4 members (excludes halogenated alkanes) is 22. The number of thiocarbonyl (C=S) groups is 1. The summed E-state index contributed by atoms with van der Waals surface area (Å²) in [4.78, 5) is 27.4. The van der Waals surface area contributed by atoms with Gasteiger partial charge in [0.15, 0.2) is 6.10 Å². The van der Waals surface area contributed by atoms with Gasteiger partial charge in [0.05, 0.1) is 0 Å². The number of rotatable bonds is 40. The average Bonchev–Trinajstić information content (AvgIpc) is 3.17. The normalized spacial score (nSPS) is 11.7. The van der Waals surface area contributed by atoms with Crippen LogP contribution in [0.3, 0.4) is 0 Å². The molecule has 316 valence electrons. The molecule has 0 unspecified atom stereocenters. The summed E-state index contributed by atoms with van der Waals surface area (Å²) in [5, 5.41) is 3.36. The maximum absolute atomic E-state index is 12.5. The van der Waals surface area contributed by atoms with Crippen LogP contribution >= 0.6 is 12.2 Å². The predicted octanol–water partition coefficient (Wildman–Crippen LogP) is 12.7. The topological polar surface area (TPSA) is 77.1 Å². The van der Waals surface area contributed by atoms with Gasteiger partial charge in [0.2, 0.25) is 0 Å². The Kier molecular flexibility index (Phi) is 40.7. The minimum absolute atomic E-state index is 0.00244. The largest absolute Gasteiger partial charge is 0.462 e. The molecule has 0 aromatic rings. The van der Waals surface area contributed by atoms with Crippen LogP contribution in [0.15, 0.2) is 24.3 Å². The van der Waals surface area contributed by atoms with Crippen LogP contribution in [0, 0.1) is 0 Å². The maximum Gasteiger partial charge on any atom is 0.305 e. The van der Waals surface area contributed by atoms with E-state index < -0.39 is 6.10 Å². The zero-order valence-electron chi connectivity index (χ0n) is 35.8. The minimum atomic E-state index is -0.644. The molecule has 0 saturated carbocycles. The second kappa shape index (κ2) is 42.2. The van der Waals surface area contributed by atoms with Gasteiger partial charge >= 0.3 is 11.9 Å². The summed E-state index contributed by atoms with van der Waals surface area (Å²) in [6.45, 7) is 12.2. The van der Waals surface area contributed by atoms with Crippen molar-refractivity contribution in [2.24, 2.45) is 0 Å². The first-order valence-electron chi connectivity index (χ1n) is 22.7. The standard InChI is InChI=1S/C46H86N2O5S/c1-5-9-11-13-15-17-19-21-23-25-27-29-31-33-35-37-44(49)51-41-43(53-46(54)47-39-40-48(7-3)8-4)42-52-45(50)38-36-34-32-30-28-26-24-22-20-18-16-14-12-10-6-2/h21-24,43H,5-20,25-42H2,1-4H3,(H,47,54)/b23-21-,24-22-. The third-order valence-electron chi connectivity index (χ3n) is 10.0. The number of allylic oxidation sites excluding steroid dienone is 4. The quantitative estimate of drug-likeness (QED) is 0.0285. The summed E-state index contributed by atoms with van der Waals surface area (Å²) in [5.41, 5.74) is 0. The fourth-order valence-electron chi connectivity index (χ4n) is 6.36. The van der Waals surface area contributed by atoms with E-state index in [1.54, 1.807) is 0 Å². The first kappa shape index (κ1) is 52.1. The third kappa shape index (κ3) is 38.3. The molecule has 1 N–H and O–H groups in total. The molecule has 0 saturated heterocycles. The summed E-state index contributed by atoms with van der Waals surface area (Å²) in [6.07, 6.45) is 41.1. The Hall–Kier alpha value is -1.93. The monoisotopic (exact) mass is 779 g/mol. The van der Waals surface area contributed by atoms with Crippen LogP contribution in [-0.4, -0.2) is 67.5 Å². The van der Waals surface area contributed by atoms with Gasteiger partial charge in [-0.1, -0.05) is 155 Å². The highest BCUT2D eigenvalue weighted by molar-refractivity contribution is 7.80. The van der Waals surface area contributed by atoms with Crippen LogP contribution in [-0.2, 0) is 23.8 Å². The average molecular weight is 779 g/mol. The van der Waals surface area contributed by atoms with Crippen molar-refractivity contribution in [3.8, 4) is 0 Å². The van der Waals surface area contributed by atoms with E-state index in [1.807, 2.05) is 0 Å². The second-order valence-corrected chi connectivity index (χ2v) is 15.4. The molecular formula is C46H86N2O5S. The number of hydrogen-bond donors (Lipinski definition) is 1. The van der Waals surface area contributed by atoms with Gasteiger partial charge in [0.25, 0.3) is 5.17 Å². The molecule has 0 aromatic heterocycles. The van der Waals surface area contributed by atoms with Crippen molar-refractivity contribution in [3.05, 3.63) is 24.3 Å². The van der Waals surface area contributed by atoms with Crippen molar-refractivity contribution in [3.63, 3.8) is 0 Å². The molecule has 0 aliphatic heterocycles. The number of carbonyl (C=O) groups is 2. The van der Waals surface area contributed by atoms with E-state index >= 15 is 0 Å². The molecule has 0 aliphatic rings. The number of esters is 2. The van der Waals surface area contributed by atoms with E-state index in [4.69, 9.17) is 26.4 Å². The van der Waals surface area contributed by atoms with Gasteiger partial charge < -0.3 is 24.4 Å². The third-order valence-corrected chi connectivity index (χ3v) is 10.3. The molecule has 0 fully saturated rings. The highest BCUT2D eigenvalue weighted by Gasteiger charge is 2.18. The smallest absolute Gasteiger partial charge is 0.305 e. The zero-order chi connectivity index (χ0) is 39.6. The van der Waals surface area contributed by atoms with Crippen molar-refractivity contribution >= 4 is 29.3 Å². The molecule has 54 heavy (non-hydrogen) atoms. The summed E-state index contributed by atoms with van der Waals surface area (Å²) in [6, 6.07) is 0. The summed E-state index contributed by atoms with van der Waals surface area (Å²) in [7, 11) is 0. The number of ether oxygens (including phenoxy) is 3. The lowest BCUT2D eigenvalue weighted by Gasteiger charge is -2.22. The Bertz CT molecular complexity index is 852. The predicted molar refractivity (Wildman–Crippen MR) is 234 cm³/mol. The second-order valence-electron chi connectivity index (χ2n) is 15.0. The van der Waals surface area contributed by atoms with E-state index in [-0.39, 0.29) is 30.3 Å². The molecule has 0 amide bonds. The van der Waals surface area contributed by atoms with Crippen LogP contribution in [0.4, 0.5) is 0 Å². The Morgan fingerprint density at radius 1 is 0.537 bits per heavy atom. The SMILES string of the molecule is CCCCCCCC/C=C\CCCCCCCC(=O)OCC(COC(=O)CCCCCCC/C=C\CCCCCCCC)OC(=S)NCCN(CC)CC. The van der Waals surface area contributed by atoms with Gasteiger partial charge in [0, 0.05) is 25.9 Å². The van der Waals surface area contributed by atoms with Gasteiger partial charge in [-0.05, 0) is 89.5 Å². The van der Waals surface area contributed by atoms with Crippen LogP contribution in [0.1, 0.15) is 207 Å². The van der Waals surface area contributed by atoms with Crippen molar-refractivity contribution in [1.29, 1.82) is 0 Å². The minimum Gasteiger partial charge on any atom is -0.462 e. The number of hydrogen-bond acceptors (Lipinski definition) is 7. The van der Waals surface area contributed by atoms with E-state index in [0.29, 0.717) is 19.4 Å². The number of likely N-dealkylation sites (N-methyl/N-ethyl adjacent to an activating group) is 1. The van der Waals surface area contributed by atoms with E-state index in [1.165, 1.54) is 116 Å². The van der Waals surface area contributed by atoms with Crippen molar-refractivity contribution < 1.29 is 23.8 Å². The fraction of sp³-hybridized carbons (Fsp3) is 0.848. The van der Waals surface area contributed by atoms with Gasteiger partial charge in [-0.3, -0.25) is 9.59 Å². The van der Waals surface area contributed by atoms with Crippen molar-refractivity contribution in [2.45, 2.75) is 214 Å². The molecular weight excluding hydrogens is 693 g/mol. The van der Waals surface area contributed by atoms with E-state index in [9.17, 15) is 9.59 Å². The van der Waals surface area contributed by atoms with Gasteiger partial charge in [0.1, 0.15) is 13.2 Å². The Labute approximate surface area is 339 Å². The fourth-order valence-corrected chi connectivity index (χ4v) is 6.60. The Balaban J connectivity index is 4.27. The molecule has 7 nitrogen and oxygen atoms in total. The molecule has 0 spiro atoms. The lowest BCUT2D eigenvalue weighted by molar-refractivity contribution is -0.151. The van der Waals surface area contributed by atoms with Gasteiger partial charge in [-0.2, -0.15) is 0 Å². The van der Waals surface area contributed by atoms with Crippen molar-refractivity contribution in [2.75, 3.05) is 39.4 Å². The molecule has 0 atom stereocenters. The number of carbonyl (C=O) groups excluding carboxylic acids is 2. The Morgan fingerprint density at radius 2 is 0.889 bits per heavy atom. The van der Waals surface area contributed by atoms with Crippen LogP contribution in [0.25, 0.3) is 0 Å². The van der Waals surface area contributed by atoms with Crippen LogP contribution in [0.5, 0.6) is 0 Å². The summed E-state index contributed by atoms with van der Waals surface area (Å²) in [5.74, 6) is -0.498. The molecule has 8 heteroatoms. The van der Waals surface area contributed by atoms with E-state index in [2.05, 4.69) is 62.2 Å². The highest BCUT2D eigenvalue weighted by Crippen LogP contribution is 2.13. The highest BCUT2D eigenvalue weighted by atomic mass is 32.1. The van der Waals surface area contributed by atoms with Crippen LogP contribution < -0.4 is 5.32 Å². The Morgan fingerprint density at radius 3 is 1.26 bits per heavy atom. The molecule has 0 heterocycles. The zero-order valence-corrected chi connectivity index (χ0v) is 36.6. The van der Waals surface area contributed by atoms with Gasteiger partial charge in [-0.25, -0.2) is 0 Å². The first-order chi connectivity index (χ1) is 26.5. The van der Waals surface area contributed by atoms with Crippen molar-refractivity contribution in [1.82, 2.24) is 10.2 Å². The molecule has 0 rings (SSSR count). The van der Waals surface area contributed by atoms with Gasteiger partial charge in [-0.15, -0.1) is 0 Å². The van der Waals surface area contributed by atoms with Crippen LogP contribution in [0.2, 0.25) is 0 Å². The summed E-state index contributed by atoms with van der Waals surface area (Å²) >= 11 is 5.42. The molecule has 0 aliphatic carbocycles. The molecule has 0 bridgehead atoms. The molecule has 0 aromatic carbocycles. The number of nitrogens with one attached hydrogen (secondary N) is 1. The lowest BCUT2D eigenvalue weighted by atomic mass is 10.1. The summed E-state index contributed by atoms with van der Waals surface area (Å²) < 4.78 is 17.0. The first-order valence-corrected chi connectivity index (χ1v) is 23.1. The number of nitrogens with zero attached hydrogens (tertiary/aromatic N) is 1. The maximum atomic E-state index is 12.5. The lowest BCUT2D eigenvalue weighted by Crippen LogP contribution is -2.38. The molecule has 0 radical (unpaired) electrons. The van der Waals surface area contributed by atoms with E-state index in [0.717, 1.165) is 71.0 Å².